The fourth-order valence-electron chi connectivity index (χ4n) is 3.02. The summed E-state index contributed by atoms with van der Waals surface area (Å²) in [5.41, 5.74) is 5.83. The second-order valence-corrected chi connectivity index (χ2v) is 6.17. The van der Waals surface area contributed by atoms with E-state index in [9.17, 15) is 4.79 Å². The maximum Gasteiger partial charge on any atom is 0.176 e. The van der Waals surface area contributed by atoms with Crippen molar-refractivity contribution >= 4 is 5.78 Å². The molecule has 0 fully saturated rings. The van der Waals surface area contributed by atoms with Crippen molar-refractivity contribution in [2.24, 2.45) is 0 Å². The van der Waals surface area contributed by atoms with Crippen LogP contribution in [0.25, 0.3) is 11.1 Å². The van der Waals surface area contributed by atoms with Crippen LogP contribution < -0.4 is 0 Å². The quantitative estimate of drug-likeness (QED) is 0.659. The highest BCUT2D eigenvalue weighted by Crippen LogP contribution is 2.28. The number of Topliss-reactive ketones (excluding diaryl/α,β-unsaturated/α-hetero) is 1. The zero-order chi connectivity index (χ0) is 18.7. The Balaban J connectivity index is 2.03. The van der Waals surface area contributed by atoms with Crippen LogP contribution in [0, 0.1) is 29.6 Å². The van der Waals surface area contributed by atoms with Crippen LogP contribution in [0.1, 0.15) is 39.8 Å². The molecule has 0 saturated heterocycles. The van der Waals surface area contributed by atoms with E-state index in [0.717, 1.165) is 22.4 Å². The number of carbonyl (C=O) groups excluding carboxylic acids is 1. The highest BCUT2D eigenvalue weighted by atomic mass is 16.1. The van der Waals surface area contributed by atoms with Crippen LogP contribution >= 0.6 is 0 Å². The molecule has 0 atom stereocenters. The molecule has 0 bridgehead atoms. The molecular weight excluding hydrogens is 322 g/mol. The summed E-state index contributed by atoms with van der Waals surface area (Å²) in [5, 5.41) is 17.9. The van der Waals surface area contributed by atoms with Crippen LogP contribution in [0.3, 0.4) is 0 Å². The number of aromatic nitrogens is 1. The lowest BCUT2D eigenvalue weighted by atomic mass is 10.0. The van der Waals surface area contributed by atoms with Gasteiger partial charge >= 0.3 is 0 Å². The number of hydrogen-bond donors (Lipinski definition) is 0. The number of carbonyl (C=O) groups is 1. The van der Waals surface area contributed by atoms with Gasteiger partial charge in [0, 0.05) is 24.7 Å². The van der Waals surface area contributed by atoms with Crippen LogP contribution in [-0.4, -0.2) is 10.4 Å². The summed E-state index contributed by atoms with van der Waals surface area (Å²) in [6.45, 7) is 4.11. The van der Waals surface area contributed by atoms with E-state index in [4.69, 9.17) is 10.5 Å². The lowest BCUT2D eigenvalue weighted by Gasteiger charge is -2.11. The molecule has 0 aliphatic carbocycles. The molecule has 3 aromatic rings. The molecule has 4 heteroatoms. The summed E-state index contributed by atoms with van der Waals surface area (Å²) in [4.78, 5) is 12.1. The molecule has 0 amide bonds. The molecular formula is C22H17N3O. The molecule has 0 unspecified atom stereocenters. The largest absolute Gasteiger partial charge is 0.337 e. The van der Waals surface area contributed by atoms with Gasteiger partial charge in [0.1, 0.15) is 0 Å². The van der Waals surface area contributed by atoms with Crippen LogP contribution in [0.2, 0.25) is 0 Å². The number of ketones is 1. The first-order valence-corrected chi connectivity index (χ1v) is 8.24. The molecule has 2 aromatic carbocycles. The van der Waals surface area contributed by atoms with Gasteiger partial charge in [0.2, 0.25) is 0 Å². The Hall–Kier alpha value is -3.63. The van der Waals surface area contributed by atoms with E-state index in [1.54, 1.807) is 31.2 Å². The third kappa shape index (κ3) is 3.27. The van der Waals surface area contributed by atoms with Crippen molar-refractivity contribution < 1.29 is 4.79 Å². The van der Waals surface area contributed by atoms with Gasteiger partial charge in [-0.2, -0.15) is 10.5 Å². The van der Waals surface area contributed by atoms with Gasteiger partial charge in [-0.05, 0) is 48.4 Å². The van der Waals surface area contributed by atoms with Gasteiger partial charge in [-0.3, -0.25) is 4.79 Å². The van der Waals surface area contributed by atoms with E-state index >= 15 is 0 Å². The predicted octanol–water partition coefficient (Wildman–Crippen LogP) is 4.46. The average Bonchev–Trinajstić information content (AvgIpc) is 2.99. The summed E-state index contributed by atoms with van der Waals surface area (Å²) < 4.78 is 2.00. The first-order chi connectivity index (χ1) is 12.5. The van der Waals surface area contributed by atoms with Crippen molar-refractivity contribution in [1.29, 1.82) is 10.5 Å². The van der Waals surface area contributed by atoms with Crippen molar-refractivity contribution in [1.82, 2.24) is 4.57 Å². The first kappa shape index (κ1) is 17.2. The highest BCUT2D eigenvalue weighted by Gasteiger charge is 2.16. The number of nitrogens with zero attached hydrogens (tertiary/aromatic N) is 3. The zero-order valence-corrected chi connectivity index (χ0v) is 14.7. The number of benzene rings is 2. The Morgan fingerprint density at radius 3 is 2.00 bits per heavy atom. The van der Waals surface area contributed by atoms with Gasteiger partial charge in [0.25, 0.3) is 0 Å². The summed E-state index contributed by atoms with van der Waals surface area (Å²) in [7, 11) is 0. The summed E-state index contributed by atoms with van der Waals surface area (Å²) in [6, 6.07) is 20.9. The van der Waals surface area contributed by atoms with Crippen LogP contribution in [-0.2, 0) is 6.54 Å². The number of nitriles is 2. The second-order valence-electron chi connectivity index (χ2n) is 6.17. The molecule has 1 aromatic heterocycles. The molecule has 0 spiro atoms. The highest BCUT2D eigenvalue weighted by molar-refractivity contribution is 5.94. The lowest BCUT2D eigenvalue weighted by Crippen LogP contribution is -2.09. The summed E-state index contributed by atoms with van der Waals surface area (Å²) >= 11 is 0. The third-order valence-electron chi connectivity index (χ3n) is 4.48. The molecule has 126 valence electrons. The van der Waals surface area contributed by atoms with Crippen molar-refractivity contribution in [3.63, 3.8) is 0 Å². The van der Waals surface area contributed by atoms with Gasteiger partial charge in [-0.1, -0.05) is 24.3 Å². The molecule has 0 aliphatic rings. The molecule has 1 heterocycles. The van der Waals surface area contributed by atoms with Gasteiger partial charge in [-0.25, -0.2) is 0 Å². The summed E-state index contributed by atoms with van der Waals surface area (Å²) in [5.74, 6) is 0.00152. The SMILES string of the molecule is CC(=O)c1cc(-c2ccc(C#N)cc2)c(C)n1Cc1ccc(C#N)cc1. The monoisotopic (exact) mass is 339 g/mol. The summed E-state index contributed by atoms with van der Waals surface area (Å²) in [6.07, 6.45) is 0. The minimum atomic E-state index is 0.00152. The van der Waals surface area contributed by atoms with Gasteiger partial charge in [-0.15, -0.1) is 0 Å². The van der Waals surface area contributed by atoms with Gasteiger partial charge < -0.3 is 4.57 Å². The van der Waals surface area contributed by atoms with E-state index in [2.05, 4.69) is 12.1 Å². The van der Waals surface area contributed by atoms with Crippen molar-refractivity contribution in [3.8, 4) is 23.3 Å². The van der Waals surface area contributed by atoms with Crippen molar-refractivity contribution in [2.45, 2.75) is 20.4 Å². The maximum atomic E-state index is 12.1. The Morgan fingerprint density at radius 1 is 0.962 bits per heavy atom. The molecule has 0 radical (unpaired) electrons. The zero-order valence-electron chi connectivity index (χ0n) is 14.7. The average molecular weight is 339 g/mol. The van der Waals surface area contributed by atoms with Crippen LogP contribution in [0.5, 0.6) is 0 Å². The minimum absolute atomic E-state index is 0.00152. The van der Waals surface area contributed by atoms with E-state index in [1.807, 2.05) is 41.8 Å². The molecule has 4 nitrogen and oxygen atoms in total. The van der Waals surface area contributed by atoms with E-state index in [1.165, 1.54) is 0 Å². The number of rotatable bonds is 4. The maximum absolute atomic E-state index is 12.1. The molecule has 26 heavy (non-hydrogen) atoms. The van der Waals surface area contributed by atoms with E-state index < -0.39 is 0 Å². The van der Waals surface area contributed by atoms with Crippen molar-refractivity contribution in [2.75, 3.05) is 0 Å². The molecule has 3 rings (SSSR count). The first-order valence-electron chi connectivity index (χ1n) is 8.24. The molecule has 0 aliphatic heterocycles. The number of hydrogen-bond acceptors (Lipinski definition) is 3. The van der Waals surface area contributed by atoms with E-state index in [0.29, 0.717) is 23.4 Å². The fraction of sp³-hybridized carbons (Fsp3) is 0.136. The van der Waals surface area contributed by atoms with Gasteiger partial charge in [0.05, 0.1) is 29.0 Å². The Kier molecular flexibility index (Phi) is 4.69. The van der Waals surface area contributed by atoms with E-state index in [-0.39, 0.29) is 5.78 Å². The van der Waals surface area contributed by atoms with Crippen LogP contribution in [0.4, 0.5) is 0 Å². The lowest BCUT2D eigenvalue weighted by molar-refractivity contribution is 0.100. The smallest absolute Gasteiger partial charge is 0.176 e. The Labute approximate surface area is 152 Å². The Bertz CT molecular complexity index is 1040. The Morgan fingerprint density at radius 2 is 1.50 bits per heavy atom. The van der Waals surface area contributed by atoms with Gasteiger partial charge in [0.15, 0.2) is 5.78 Å². The minimum Gasteiger partial charge on any atom is -0.337 e. The molecule has 0 saturated carbocycles. The normalized spacial score (nSPS) is 10.2. The third-order valence-corrected chi connectivity index (χ3v) is 4.48. The fourth-order valence-corrected chi connectivity index (χ4v) is 3.02. The predicted molar refractivity (Wildman–Crippen MR) is 99.6 cm³/mol. The second kappa shape index (κ2) is 7.09. The van der Waals surface area contributed by atoms with Crippen molar-refractivity contribution in [3.05, 3.63) is 82.7 Å². The van der Waals surface area contributed by atoms with Crippen LogP contribution in [0.15, 0.2) is 54.6 Å². The topological polar surface area (TPSA) is 69.6 Å². The molecule has 0 N–H and O–H groups in total. The standard InChI is InChI=1S/C22H17N3O/c1-15-21(20-9-7-18(13-24)8-10-20)11-22(16(2)26)25(15)14-19-5-3-17(12-23)4-6-19/h3-11H,14H2,1-2H3.